The van der Waals surface area contributed by atoms with Gasteiger partial charge < -0.3 is 9.47 Å². The minimum atomic E-state index is -3.66. The summed E-state index contributed by atoms with van der Waals surface area (Å²) in [5.74, 6) is 0.555. The number of nitrogens with one attached hydrogen (secondary N) is 1. The van der Waals surface area contributed by atoms with Crippen molar-refractivity contribution in [1.82, 2.24) is 14.9 Å². The van der Waals surface area contributed by atoms with E-state index in [1.165, 1.54) is 25.3 Å². The fourth-order valence-electron chi connectivity index (χ4n) is 2.60. The second kappa shape index (κ2) is 8.97. The fourth-order valence-corrected chi connectivity index (χ4v) is 3.70. The van der Waals surface area contributed by atoms with Crippen molar-refractivity contribution in [1.29, 1.82) is 0 Å². The Bertz CT molecular complexity index is 1070. The van der Waals surface area contributed by atoms with Crippen LogP contribution in [0.2, 0.25) is 0 Å². The topological polar surface area (TPSA) is 90.4 Å². The molecule has 0 fully saturated rings. The van der Waals surface area contributed by atoms with Crippen molar-refractivity contribution < 1.29 is 22.3 Å². The van der Waals surface area contributed by atoms with E-state index in [1.807, 2.05) is 0 Å². The second-order valence-electron chi connectivity index (χ2n) is 6.14. The number of halogens is 1. The highest BCUT2D eigenvalue weighted by molar-refractivity contribution is 7.89. The molecule has 0 spiro atoms. The van der Waals surface area contributed by atoms with Crippen LogP contribution in [0.15, 0.2) is 59.5 Å². The lowest BCUT2D eigenvalue weighted by atomic mass is 10.1. The van der Waals surface area contributed by atoms with Crippen LogP contribution in [0.3, 0.4) is 0 Å². The monoisotopic (exact) mass is 417 g/mol. The molecule has 1 aromatic heterocycles. The molecule has 0 atom stereocenters. The normalized spacial score (nSPS) is 11.3. The molecule has 2 aromatic carbocycles. The Balaban J connectivity index is 1.53. The Morgan fingerprint density at radius 2 is 1.79 bits per heavy atom. The number of methoxy groups -OCH3 is 1. The van der Waals surface area contributed by atoms with Crippen LogP contribution < -0.4 is 14.2 Å². The van der Waals surface area contributed by atoms with Gasteiger partial charge in [0.05, 0.1) is 17.7 Å². The lowest BCUT2D eigenvalue weighted by molar-refractivity contribution is 0.307. The summed E-state index contributed by atoms with van der Waals surface area (Å²) in [6.45, 7) is 1.92. The number of hydrogen-bond donors (Lipinski definition) is 1. The zero-order chi connectivity index (χ0) is 20.9. The number of hydrogen-bond acceptors (Lipinski definition) is 6. The molecule has 0 aliphatic rings. The van der Waals surface area contributed by atoms with E-state index in [4.69, 9.17) is 9.47 Å². The molecule has 0 saturated heterocycles. The van der Waals surface area contributed by atoms with Crippen LogP contribution in [0.5, 0.6) is 11.6 Å². The number of ether oxygens (including phenoxy) is 2. The average molecular weight is 417 g/mol. The van der Waals surface area contributed by atoms with Crippen LogP contribution in [0.25, 0.3) is 11.3 Å². The number of aromatic nitrogens is 2. The maximum Gasteiger partial charge on any atom is 0.240 e. The lowest BCUT2D eigenvalue weighted by Crippen LogP contribution is -2.28. The van der Waals surface area contributed by atoms with Crippen LogP contribution in [0.1, 0.15) is 5.56 Å². The van der Waals surface area contributed by atoms with E-state index in [1.54, 1.807) is 43.3 Å². The van der Waals surface area contributed by atoms with Gasteiger partial charge in [-0.15, -0.1) is 10.2 Å². The largest absolute Gasteiger partial charge is 0.496 e. The summed E-state index contributed by atoms with van der Waals surface area (Å²) < 4.78 is 50.7. The highest BCUT2D eigenvalue weighted by Crippen LogP contribution is 2.21. The van der Waals surface area contributed by atoms with Crippen molar-refractivity contribution in [2.24, 2.45) is 0 Å². The highest BCUT2D eigenvalue weighted by Gasteiger charge is 2.15. The van der Waals surface area contributed by atoms with Crippen LogP contribution in [0.4, 0.5) is 4.39 Å². The first kappa shape index (κ1) is 20.7. The van der Waals surface area contributed by atoms with Gasteiger partial charge in [0.25, 0.3) is 0 Å². The van der Waals surface area contributed by atoms with Crippen molar-refractivity contribution >= 4 is 10.0 Å². The molecule has 0 saturated carbocycles. The first-order valence-corrected chi connectivity index (χ1v) is 10.2. The third kappa shape index (κ3) is 5.27. The Hall–Kier alpha value is -3.04. The third-order valence-electron chi connectivity index (χ3n) is 4.10. The molecule has 9 heteroatoms. The quantitative estimate of drug-likeness (QED) is 0.567. The van der Waals surface area contributed by atoms with Gasteiger partial charge in [-0.25, -0.2) is 17.5 Å². The molecule has 0 radical (unpaired) electrons. The van der Waals surface area contributed by atoms with Gasteiger partial charge in [0, 0.05) is 18.2 Å². The molecule has 3 rings (SSSR count). The molecule has 1 heterocycles. The van der Waals surface area contributed by atoms with Gasteiger partial charge in [0.2, 0.25) is 15.9 Å². The summed E-state index contributed by atoms with van der Waals surface area (Å²) in [7, 11) is -2.13. The highest BCUT2D eigenvalue weighted by atomic mass is 32.2. The smallest absolute Gasteiger partial charge is 0.240 e. The van der Waals surface area contributed by atoms with Crippen LogP contribution >= 0.6 is 0 Å². The second-order valence-corrected chi connectivity index (χ2v) is 7.91. The molecule has 0 amide bonds. The standard InChI is InChI=1S/C20H20FN3O4S/c1-14-13-17(7-9-19(14)27-2)29(25,26)22-11-12-28-20-10-8-18(23-24-20)15-3-5-16(21)6-4-15/h3-10,13,22H,11-12H2,1-2H3. The van der Waals surface area contributed by atoms with Gasteiger partial charge in [-0.1, -0.05) is 0 Å². The van der Waals surface area contributed by atoms with Gasteiger partial charge in [0.1, 0.15) is 18.2 Å². The van der Waals surface area contributed by atoms with Crippen molar-refractivity contribution in [3.63, 3.8) is 0 Å². The molecule has 29 heavy (non-hydrogen) atoms. The third-order valence-corrected chi connectivity index (χ3v) is 5.56. The first-order valence-electron chi connectivity index (χ1n) is 8.76. The first-order chi connectivity index (χ1) is 13.9. The number of aryl methyl sites for hydroxylation is 1. The van der Waals surface area contributed by atoms with Gasteiger partial charge in [0.15, 0.2) is 0 Å². The molecule has 152 valence electrons. The number of rotatable bonds is 8. The minimum absolute atomic E-state index is 0.0643. The Labute approximate surface area is 168 Å². The molecule has 1 N–H and O–H groups in total. The van der Waals surface area contributed by atoms with E-state index in [-0.39, 0.29) is 29.7 Å². The van der Waals surface area contributed by atoms with Crippen LogP contribution in [-0.4, -0.2) is 38.9 Å². The summed E-state index contributed by atoms with van der Waals surface area (Å²) in [6.07, 6.45) is 0. The maximum absolute atomic E-state index is 13.0. The maximum atomic E-state index is 13.0. The zero-order valence-electron chi connectivity index (χ0n) is 15.9. The Morgan fingerprint density at radius 3 is 2.41 bits per heavy atom. The van der Waals surface area contributed by atoms with Crippen LogP contribution in [0, 0.1) is 12.7 Å². The van der Waals surface area contributed by atoms with Crippen molar-refractivity contribution in [2.75, 3.05) is 20.3 Å². The van der Waals surface area contributed by atoms with E-state index >= 15 is 0 Å². The van der Waals surface area contributed by atoms with Gasteiger partial charge in [-0.2, -0.15) is 0 Å². The molecule has 0 aliphatic carbocycles. The van der Waals surface area contributed by atoms with Crippen molar-refractivity contribution in [2.45, 2.75) is 11.8 Å². The van der Waals surface area contributed by atoms with Gasteiger partial charge in [-0.3, -0.25) is 0 Å². The van der Waals surface area contributed by atoms with E-state index in [2.05, 4.69) is 14.9 Å². The van der Waals surface area contributed by atoms with Crippen molar-refractivity contribution in [3.8, 4) is 22.9 Å². The molecule has 0 aliphatic heterocycles. The Morgan fingerprint density at radius 1 is 1.03 bits per heavy atom. The molecular weight excluding hydrogens is 397 g/mol. The molecule has 7 nitrogen and oxygen atoms in total. The number of benzene rings is 2. The zero-order valence-corrected chi connectivity index (χ0v) is 16.7. The van der Waals surface area contributed by atoms with Crippen LogP contribution in [-0.2, 0) is 10.0 Å². The number of nitrogens with zero attached hydrogens (tertiary/aromatic N) is 2. The predicted octanol–water partition coefficient (Wildman–Crippen LogP) is 2.96. The van der Waals surface area contributed by atoms with E-state index in [0.29, 0.717) is 11.4 Å². The lowest BCUT2D eigenvalue weighted by Gasteiger charge is -2.10. The minimum Gasteiger partial charge on any atom is -0.496 e. The SMILES string of the molecule is COc1ccc(S(=O)(=O)NCCOc2ccc(-c3ccc(F)cc3)nn2)cc1C. The summed E-state index contributed by atoms with van der Waals surface area (Å²) in [4.78, 5) is 0.152. The summed E-state index contributed by atoms with van der Waals surface area (Å²) in [6, 6.07) is 13.8. The van der Waals surface area contributed by atoms with Crippen molar-refractivity contribution in [3.05, 3.63) is 66.0 Å². The van der Waals surface area contributed by atoms with Gasteiger partial charge in [-0.05, 0) is 61.0 Å². The molecular formula is C20H20FN3O4S. The predicted molar refractivity (Wildman–Crippen MR) is 106 cm³/mol. The average Bonchev–Trinajstić information content (AvgIpc) is 2.72. The molecule has 0 unspecified atom stereocenters. The summed E-state index contributed by atoms with van der Waals surface area (Å²) in [5.41, 5.74) is 2.03. The molecule has 3 aromatic rings. The summed E-state index contributed by atoms with van der Waals surface area (Å²) in [5, 5.41) is 7.97. The number of sulfonamides is 1. The van der Waals surface area contributed by atoms with E-state index < -0.39 is 10.0 Å². The summed E-state index contributed by atoms with van der Waals surface area (Å²) >= 11 is 0. The van der Waals surface area contributed by atoms with Gasteiger partial charge >= 0.3 is 0 Å². The fraction of sp³-hybridized carbons (Fsp3) is 0.200. The molecule has 0 bridgehead atoms. The Kier molecular flexibility index (Phi) is 6.40. The van der Waals surface area contributed by atoms with E-state index in [9.17, 15) is 12.8 Å². The van der Waals surface area contributed by atoms with E-state index in [0.717, 1.165) is 11.1 Å².